The smallest absolute Gasteiger partial charge is 0.328 e. The first-order valence-electron chi connectivity index (χ1n) is 9.39. The number of carbonyl (C=O) groups excluding carboxylic acids is 2. The summed E-state index contributed by atoms with van der Waals surface area (Å²) in [6, 6.07) is 15.6. The van der Waals surface area contributed by atoms with Gasteiger partial charge in [0.2, 0.25) is 5.91 Å². The van der Waals surface area contributed by atoms with Crippen molar-refractivity contribution < 1.29 is 29.0 Å². The molecular weight excluding hydrogens is 406 g/mol. The topological polar surface area (TPSA) is 93.1 Å². The van der Waals surface area contributed by atoms with Crippen LogP contribution in [-0.2, 0) is 25.5 Å². The summed E-state index contributed by atoms with van der Waals surface area (Å²) >= 11 is 1.24. The van der Waals surface area contributed by atoms with Gasteiger partial charge in [0, 0.05) is 6.42 Å². The fourth-order valence-corrected chi connectivity index (χ4v) is 4.93. The van der Waals surface area contributed by atoms with Crippen LogP contribution in [0.15, 0.2) is 54.6 Å². The molecule has 2 aromatic carbocycles. The van der Waals surface area contributed by atoms with Crippen molar-refractivity contribution in [1.29, 1.82) is 0 Å². The number of carbonyl (C=O) groups is 3. The number of methoxy groups -OCH3 is 2. The number of rotatable bonds is 8. The molecule has 3 atom stereocenters. The number of hydrogen-bond acceptors (Lipinski definition) is 6. The highest BCUT2D eigenvalue weighted by Crippen LogP contribution is 2.46. The van der Waals surface area contributed by atoms with E-state index in [0.717, 1.165) is 11.1 Å². The van der Waals surface area contributed by atoms with Crippen LogP contribution in [0.4, 0.5) is 0 Å². The Balaban J connectivity index is 1.99. The molecule has 1 aliphatic rings. The first-order chi connectivity index (χ1) is 14.4. The summed E-state index contributed by atoms with van der Waals surface area (Å²) in [5, 5.41) is 7.95. The molecule has 1 fully saturated rings. The second kappa shape index (κ2) is 9.67. The van der Waals surface area contributed by atoms with Gasteiger partial charge in [0.05, 0.1) is 25.9 Å². The highest BCUT2D eigenvalue weighted by Gasteiger charge is 2.47. The first-order valence-corrected chi connectivity index (χ1v) is 10.3. The summed E-state index contributed by atoms with van der Waals surface area (Å²) < 4.78 is 10.2. The Bertz CT molecular complexity index is 902. The van der Waals surface area contributed by atoms with E-state index in [2.05, 4.69) is 0 Å². The van der Waals surface area contributed by atoms with Crippen molar-refractivity contribution in [3.05, 3.63) is 65.7 Å². The van der Waals surface area contributed by atoms with Gasteiger partial charge in [-0.15, -0.1) is 11.8 Å². The SMILES string of the molecule is COC(=O)[C@H](Cc1ccccc1)N1C(=O)C(CC(=O)O)SC1c1ccc(OC)cc1. The Morgan fingerprint density at radius 1 is 1.10 bits per heavy atom. The van der Waals surface area contributed by atoms with E-state index in [9.17, 15) is 19.5 Å². The highest BCUT2D eigenvalue weighted by molar-refractivity contribution is 8.01. The summed E-state index contributed by atoms with van der Waals surface area (Å²) in [4.78, 5) is 38.7. The predicted molar refractivity (Wildman–Crippen MR) is 112 cm³/mol. The van der Waals surface area contributed by atoms with Crippen molar-refractivity contribution in [3.63, 3.8) is 0 Å². The summed E-state index contributed by atoms with van der Waals surface area (Å²) in [5.41, 5.74) is 1.66. The van der Waals surface area contributed by atoms with Crippen LogP contribution in [0.5, 0.6) is 5.75 Å². The molecule has 0 spiro atoms. The molecule has 8 heteroatoms. The van der Waals surface area contributed by atoms with Gasteiger partial charge in [-0.2, -0.15) is 0 Å². The van der Waals surface area contributed by atoms with Crippen LogP contribution in [0.1, 0.15) is 22.9 Å². The molecule has 2 unspecified atom stereocenters. The lowest BCUT2D eigenvalue weighted by Gasteiger charge is -2.31. The van der Waals surface area contributed by atoms with Crippen molar-refractivity contribution in [2.45, 2.75) is 29.5 Å². The molecular formula is C22H23NO6S. The number of ether oxygens (including phenoxy) is 2. The minimum absolute atomic E-state index is 0.270. The molecule has 0 radical (unpaired) electrons. The third-order valence-corrected chi connectivity index (χ3v) is 6.37. The van der Waals surface area contributed by atoms with E-state index in [1.54, 1.807) is 19.2 Å². The van der Waals surface area contributed by atoms with E-state index in [-0.39, 0.29) is 18.7 Å². The van der Waals surface area contributed by atoms with Gasteiger partial charge in [0.1, 0.15) is 17.2 Å². The molecule has 158 valence electrons. The molecule has 1 saturated heterocycles. The van der Waals surface area contributed by atoms with Crippen molar-refractivity contribution in [2.75, 3.05) is 14.2 Å². The zero-order chi connectivity index (χ0) is 21.7. The lowest BCUT2D eigenvalue weighted by molar-refractivity contribution is -0.153. The van der Waals surface area contributed by atoms with Crippen LogP contribution in [0.25, 0.3) is 0 Å². The van der Waals surface area contributed by atoms with Gasteiger partial charge in [0.25, 0.3) is 0 Å². The Morgan fingerprint density at radius 2 is 1.77 bits per heavy atom. The first kappa shape index (κ1) is 21.7. The Hall–Kier alpha value is -3.00. The third kappa shape index (κ3) is 4.76. The second-order valence-electron chi connectivity index (χ2n) is 6.82. The van der Waals surface area contributed by atoms with Crippen LogP contribution in [0, 0.1) is 0 Å². The lowest BCUT2D eigenvalue weighted by Crippen LogP contribution is -2.46. The standard InChI is InChI=1S/C22H23NO6S/c1-28-16-10-8-15(9-11-16)21-23(20(26)18(30-21)13-19(24)25)17(22(27)29-2)12-14-6-4-3-5-7-14/h3-11,17-18,21H,12-13H2,1-2H3,(H,24,25)/t17-,18?,21?/m0/s1. The van der Waals surface area contributed by atoms with E-state index < -0.39 is 28.6 Å². The maximum absolute atomic E-state index is 13.2. The molecule has 0 bridgehead atoms. The molecule has 0 aliphatic carbocycles. The minimum atomic E-state index is -1.06. The van der Waals surface area contributed by atoms with Crippen molar-refractivity contribution in [3.8, 4) is 5.75 Å². The Kier molecular flexibility index (Phi) is 6.99. The summed E-state index contributed by atoms with van der Waals surface area (Å²) in [5.74, 6) is -1.32. The number of esters is 1. The summed E-state index contributed by atoms with van der Waals surface area (Å²) in [6.07, 6.45) is -0.0435. The normalized spacial score (nSPS) is 19.4. The monoisotopic (exact) mass is 429 g/mol. The van der Waals surface area contributed by atoms with Crippen molar-refractivity contribution in [1.82, 2.24) is 4.90 Å². The highest BCUT2D eigenvalue weighted by atomic mass is 32.2. The van der Waals surface area contributed by atoms with Gasteiger partial charge in [-0.05, 0) is 23.3 Å². The molecule has 1 heterocycles. The zero-order valence-electron chi connectivity index (χ0n) is 16.7. The lowest BCUT2D eigenvalue weighted by atomic mass is 10.0. The Labute approximate surface area is 179 Å². The van der Waals surface area contributed by atoms with E-state index in [1.165, 1.54) is 23.8 Å². The Morgan fingerprint density at radius 3 is 2.33 bits per heavy atom. The van der Waals surface area contributed by atoms with E-state index in [1.807, 2.05) is 42.5 Å². The van der Waals surface area contributed by atoms with Gasteiger partial charge in [0.15, 0.2) is 0 Å². The van der Waals surface area contributed by atoms with Crippen LogP contribution >= 0.6 is 11.8 Å². The largest absolute Gasteiger partial charge is 0.497 e. The van der Waals surface area contributed by atoms with E-state index in [0.29, 0.717) is 5.75 Å². The fraction of sp³-hybridized carbons (Fsp3) is 0.318. The quantitative estimate of drug-likeness (QED) is 0.645. The number of carboxylic acids is 1. The van der Waals surface area contributed by atoms with E-state index >= 15 is 0 Å². The van der Waals surface area contributed by atoms with Crippen molar-refractivity contribution >= 4 is 29.6 Å². The number of benzene rings is 2. The molecule has 1 amide bonds. The maximum Gasteiger partial charge on any atom is 0.328 e. The molecule has 1 N–H and O–H groups in total. The maximum atomic E-state index is 13.2. The van der Waals surface area contributed by atoms with Gasteiger partial charge >= 0.3 is 11.9 Å². The number of hydrogen-bond donors (Lipinski definition) is 1. The molecule has 2 aromatic rings. The number of amides is 1. The number of aliphatic carboxylic acids is 1. The number of nitrogens with zero attached hydrogens (tertiary/aromatic N) is 1. The summed E-state index contributed by atoms with van der Waals surface area (Å²) in [7, 11) is 2.84. The third-order valence-electron chi connectivity index (χ3n) is 4.92. The zero-order valence-corrected chi connectivity index (χ0v) is 17.5. The van der Waals surface area contributed by atoms with Gasteiger partial charge < -0.3 is 19.5 Å². The molecule has 3 rings (SSSR count). The molecule has 30 heavy (non-hydrogen) atoms. The van der Waals surface area contributed by atoms with Crippen LogP contribution < -0.4 is 4.74 Å². The fourth-order valence-electron chi connectivity index (χ4n) is 3.45. The molecule has 7 nitrogen and oxygen atoms in total. The minimum Gasteiger partial charge on any atom is -0.497 e. The molecule has 0 aromatic heterocycles. The van der Waals surface area contributed by atoms with Gasteiger partial charge in [-0.3, -0.25) is 9.59 Å². The van der Waals surface area contributed by atoms with E-state index in [4.69, 9.17) is 9.47 Å². The molecule has 0 saturated carbocycles. The number of thioether (sulfide) groups is 1. The van der Waals surface area contributed by atoms with Crippen LogP contribution in [0.3, 0.4) is 0 Å². The average Bonchev–Trinajstić information content (AvgIpc) is 3.07. The molecule has 1 aliphatic heterocycles. The van der Waals surface area contributed by atoms with Crippen LogP contribution in [0.2, 0.25) is 0 Å². The predicted octanol–water partition coefficient (Wildman–Crippen LogP) is 2.90. The van der Waals surface area contributed by atoms with Gasteiger partial charge in [-0.25, -0.2) is 4.79 Å². The number of carboxylic acid groups (broad SMARTS) is 1. The van der Waals surface area contributed by atoms with Crippen molar-refractivity contribution in [2.24, 2.45) is 0 Å². The van der Waals surface area contributed by atoms with Gasteiger partial charge in [-0.1, -0.05) is 42.5 Å². The summed E-state index contributed by atoms with van der Waals surface area (Å²) in [6.45, 7) is 0. The second-order valence-corrected chi connectivity index (χ2v) is 8.11. The average molecular weight is 429 g/mol. The van der Waals surface area contributed by atoms with Crippen LogP contribution in [-0.4, -0.2) is 53.4 Å².